The first kappa shape index (κ1) is 19.9. The van der Waals surface area contributed by atoms with Crippen LogP contribution in [0.3, 0.4) is 0 Å². The van der Waals surface area contributed by atoms with Gasteiger partial charge in [-0.3, -0.25) is 4.79 Å². The Morgan fingerprint density at radius 1 is 1.24 bits per heavy atom. The number of carbonyl (C=O) groups is 1. The number of rotatable bonds is 6. The lowest BCUT2D eigenvalue weighted by molar-refractivity contribution is -0.129. The molecule has 1 aliphatic rings. The summed E-state index contributed by atoms with van der Waals surface area (Å²) in [4.78, 5) is 14.6. The smallest absolute Gasteiger partial charge is 0.277 e. The van der Waals surface area contributed by atoms with E-state index in [0.717, 1.165) is 30.5 Å². The van der Waals surface area contributed by atoms with Crippen molar-refractivity contribution >= 4 is 29.3 Å². The van der Waals surface area contributed by atoms with Crippen LogP contribution in [0.1, 0.15) is 18.4 Å². The molecule has 1 atom stereocenters. The highest BCUT2D eigenvalue weighted by atomic mass is 35.5. The van der Waals surface area contributed by atoms with Crippen molar-refractivity contribution in [1.29, 1.82) is 0 Å². The molecule has 1 saturated heterocycles. The van der Waals surface area contributed by atoms with Crippen LogP contribution in [0.4, 0.5) is 4.39 Å². The zero-order chi connectivity index (χ0) is 20.2. The molecule has 1 aromatic heterocycles. The summed E-state index contributed by atoms with van der Waals surface area (Å²) in [5.41, 5.74) is 1.68. The van der Waals surface area contributed by atoms with E-state index in [2.05, 4.69) is 10.2 Å². The molecule has 2 aromatic carbocycles. The predicted molar refractivity (Wildman–Crippen MR) is 110 cm³/mol. The maximum Gasteiger partial charge on any atom is 0.277 e. The topological polar surface area (TPSA) is 59.2 Å². The molecule has 1 unspecified atom stereocenters. The quantitative estimate of drug-likeness (QED) is 0.522. The summed E-state index contributed by atoms with van der Waals surface area (Å²) >= 11 is 7.12. The van der Waals surface area contributed by atoms with E-state index in [1.54, 1.807) is 30.3 Å². The number of aromatic nitrogens is 2. The zero-order valence-electron chi connectivity index (χ0n) is 15.6. The molecular weight excluding hydrogens is 413 g/mol. The standard InChI is InChI=1S/C21H19ClFN3O2S/c22-16-8-6-15(7-9-16)20-24-25-21(28-20)29-13-19(27)26-10-2-5-18(26)12-14-3-1-4-17(23)11-14/h1,3-4,6-9,11,18H,2,5,10,12-13H2. The van der Waals surface area contributed by atoms with E-state index in [-0.39, 0.29) is 23.5 Å². The first-order valence-electron chi connectivity index (χ1n) is 9.34. The van der Waals surface area contributed by atoms with Crippen LogP contribution >= 0.6 is 23.4 Å². The van der Waals surface area contributed by atoms with Crippen LogP contribution in [0.25, 0.3) is 11.5 Å². The van der Waals surface area contributed by atoms with Gasteiger partial charge in [0, 0.05) is 23.2 Å². The number of likely N-dealkylation sites (tertiary alicyclic amines) is 1. The van der Waals surface area contributed by atoms with E-state index >= 15 is 0 Å². The van der Waals surface area contributed by atoms with Gasteiger partial charge >= 0.3 is 0 Å². The predicted octanol–water partition coefficient (Wildman–Crippen LogP) is 4.85. The Bertz CT molecular complexity index is 996. The molecule has 5 nitrogen and oxygen atoms in total. The largest absolute Gasteiger partial charge is 0.411 e. The second-order valence-corrected chi connectivity index (χ2v) is 8.25. The summed E-state index contributed by atoms with van der Waals surface area (Å²) in [6, 6.07) is 13.8. The number of hydrogen-bond acceptors (Lipinski definition) is 5. The SMILES string of the molecule is O=C(CSc1nnc(-c2ccc(Cl)cc2)o1)N1CCCC1Cc1cccc(F)c1. The number of nitrogens with zero attached hydrogens (tertiary/aromatic N) is 3. The van der Waals surface area contributed by atoms with Gasteiger partial charge in [0.2, 0.25) is 11.8 Å². The fourth-order valence-corrected chi connectivity index (χ4v) is 4.27. The monoisotopic (exact) mass is 431 g/mol. The Balaban J connectivity index is 1.35. The van der Waals surface area contributed by atoms with Gasteiger partial charge in [0.25, 0.3) is 5.22 Å². The average molecular weight is 432 g/mol. The average Bonchev–Trinajstić information content (AvgIpc) is 3.36. The number of benzene rings is 2. The normalized spacial score (nSPS) is 16.3. The van der Waals surface area contributed by atoms with Crippen molar-refractivity contribution in [1.82, 2.24) is 15.1 Å². The van der Waals surface area contributed by atoms with Crippen molar-refractivity contribution in [2.75, 3.05) is 12.3 Å². The summed E-state index contributed by atoms with van der Waals surface area (Å²) in [6.07, 6.45) is 2.54. The second kappa shape index (κ2) is 8.97. The fourth-order valence-electron chi connectivity index (χ4n) is 3.50. The van der Waals surface area contributed by atoms with Crippen LogP contribution in [-0.2, 0) is 11.2 Å². The van der Waals surface area contributed by atoms with Crippen molar-refractivity contribution in [3.63, 3.8) is 0 Å². The van der Waals surface area contributed by atoms with Gasteiger partial charge in [-0.25, -0.2) is 4.39 Å². The van der Waals surface area contributed by atoms with E-state index in [0.29, 0.717) is 22.6 Å². The molecule has 3 aromatic rings. The van der Waals surface area contributed by atoms with Crippen LogP contribution in [0.2, 0.25) is 5.02 Å². The van der Waals surface area contributed by atoms with Crippen LogP contribution < -0.4 is 0 Å². The zero-order valence-corrected chi connectivity index (χ0v) is 17.1. The van der Waals surface area contributed by atoms with Crippen LogP contribution in [-0.4, -0.2) is 39.3 Å². The Hall–Kier alpha value is -2.38. The lowest BCUT2D eigenvalue weighted by Gasteiger charge is -2.24. The Labute approximate surface area is 177 Å². The molecule has 8 heteroatoms. The summed E-state index contributed by atoms with van der Waals surface area (Å²) in [7, 11) is 0. The van der Waals surface area contributed by atoms with Gasteiger partial charge in [-0.2, -0.15) is 0 Å². The highest BCUT2D eigenvalue weighted by Gasteiger charge is 2.29. The first-order chi connectivity index (χ1) is 14.1. The summed E-state index contributed by atoms with van der Waals surface area (Å²) in [5.74, 6) is 0.394. The number of carbonyl (C=O) groups excluding carboxylic acids is 1. The Morgan fingerprint density at radius 3 is 2.86 bits per heavy atom. The molecule has 4 rings (SSSR count). The van der Waals surface area contributed by atoms with E-state index in [9.17, 15) is 9.18 Å². The van der Waals surface area contributed by atoms with Gasteiger partial charge in [-0.05, 0) is 61.2 Å². The molecule has 1 fully saturated rings. The molecule has 0 radical (unpaired) electrons. The number of amides is 1. The number of thioether (sulfide) groups is 1. The van der Waals surface area contributed by atoms with E-state index < -0.39 is 0 Å². The van der Waals surface area contributed by atoms with Gasteiger partial charge < -0.3 is 9.32 Å². The lowest BCUT2D eigenvalue weighted by Crippen LogP contribution is -2.37. The summed E-state index contributed by atoms with van der Waals surface area (Å²) < 4.78 is 19.1. The molecule has 0 spiro atoms. The molecule has 1 aliphatic heterocycles. The lowest BCUT2D eigenvalue weighted by atomic mass is 10.0. The van der Waals surface area contributed by atoms with E-state index in [1.807, 2.05) is 11.0 Å². The molecular formula is C21H19ClFN3O2S. The van der Waals surface area contributed by atoms with Gasteiger partial charge in [0.05, 0.1) is 5.75 Å². The van der Waals surface area contributed by atoms with Crippen LogP contribution in [0.15, 0.2) is 58.2 Å². The van der Waals surface area contributed by atoms with Crippen LogP contribution in [0, 0.1) is 5.82 Å². The molecule has 0 N–H and O–H groups in total. The Morgan fingerprint density at radius 2 is 2.07 bits per heavy atom. The van der Waals surface area contributed by atoms with E-state index in [1.165, 1.54) is 23.9 Å². The second-order valence-electron chi connectivity index (χ2n) is 6.89. The fraction of sp³-hybridized carbons (Fsp3) is 0.286. The van der Waals surface area contributed by atoms with Gasteiger partial charge in [0.1, 0.15) is 5.82 Å². The Kier molecular flexibility index (Phi) is 6.16. The van der Waals surface area contributed by atoms with Crippen molar-refractivity contribution < 1.29 is 13.6 Å². The van der Waals surface area contributed by atoms with Crippen molar-refractivity contribution in [2.45, 2.75) is 30.5 Å². The third-order valence-electron chi connectivity index (χ3n) is 4.87. The van der Waals surface area contributed by atoms with Gasteiger partial charge in [0.15, 0.2) is 0 Å². The number of halogens is 2. The molecule has 150 valence electrons. The molecule has 0 saturated carbocycles. The molecule has 2 heterocycles. The number of hydrogen-bond donors (Lipinski definition) is 0. The molecule has 1 amide bonds. The minimum Gasteiger partial charge on any atom is -0.411 e. The van der Waals surface area contributed by atoms with Crippen LogP contribution in [0.5, 0.6) is 0 Å². The third-order valence-corrected chi connectivity index (χ3v) is 5.93. The minimum absolute atomic E-state index is 0.0279. The van der Waals surface area contributed by atoms with Crippen molar-refractivity contribution in [3.05, 3.63) is 64.9 Å². The van der Waals surface area contributed by atoms with Gasteiger partial charge in [-0.15, -0.1) is 10.2 Å². The maximum atomic E-state index is 13.4. The van der Waals surface area contributed by atoms with Crippen molar-refractivity contribution in [3.8, 4) is 11.5 Å². The van der Waals surface area contributed by atoms with E-state index in [4.69, 9.17) is 16.0 Å². The first-order valence-corrected chi connectivity index (χ1v) is 10.7. The molecule has 0 aliphatic carbocycles. The summed E-state index contributed by atoms with van der Waals surface area (Å²) in [6.45, 7) is 0.721. The van der Waals surface area contributed by atoms with Crippen molar-refractivity contribution in [2.24, 2.45) is 0 Å². The minimum atomic E-state index is -0.248. The summed E-state index contributed by atoms with van der Waals surface area (Å²) in [5, 5.41) is 9.02. The van der Waals surface area contributed by atoms with Gasteiger partial charge in [-0.1, -0.05) is 35.5 Å². The molecule has 0 bridgehead atoms. The highest BCUT2D eigenvalue weighted by Crippen LogP contribution is 2.26. The third kappa shape index (κ3) is 4.97. The highest BCUT2D eigenvalue weighted by molar-refractivity contribution is 7.99. The molecule has 29 heavy (non-hydrogen) atoms. The maximum absolute atomic E-state index is 13.4.